The minimum Gasteiger partial charge on any atom is -0.207 e. The Bertz CT molecular complexity index is 1000. The molecule has 0 nitrogen and oxygen atoms in total. The van der Waals surface area contributed by atoms with Crippen molar-refractivity contribution < 1.29 is 13.2 Å². The third kappa shape index (κ3) is 4.97. The maximum atomic E-state index is 14.3. The van der Waals surface area contributed by atoms with Gasteiger partial charge in [-0.3, -0.25) is 0 Å². The lowest BCUT2D eigenvalue weighted by Crippen LogP contribution is -1.95. The lowest BCUT2D eigenvalue weighted by molar-refractivity contribution is 0.498. The predicted molar refractivity (Wildman–Crippen MR) is 115 cm³/mol. The first-order valence-corrected chi connectivity index (χ1v) is 10.1. The highest BCUT2D eigenvalue weighted by Gasteiger charge is 2.10. The van der Waals surface area contributed by atoms with E-state index in [2.05, 4.69) is 6.92 Å². The molecule has 0 aromatic heterocycles. The fourth-order valence-electron chi connectivity index (χ4n) is 3.28. The summed E-state index contributed by atoms with van der Waals surface area (Å²) in [4.78, 5) is 0. The van der Waals surface area contributed by atoms with E-state index < -0.39 is 11.6 Å². The standard InChI is InChI=1S/C26H25F3/c1-3-5-6-21-14-16-23(17-24(21)27)20-10-7-18(8-11-20)9-12-22-15-13-19(4-2)25(28)26(22)29/h7-17H,3-6H2,1-2H3/b12-9+. The molecule has 0 bridgehead atoms. The molecule has 0 aliphatic heterocycles. The van der Waals surface area contributed by atoms with Crippen LogP contribution < -0.4 is 0 Å². The Morgan fingerprint density at radius 2 is 1.41 bits per heavy atom. The number of benzene rings is 3. The summed E-state index contributed by atoms with van der Waals surface area (Å²) in [7, 11) is 0. The van der Waals surface area contributed by atoms with E-state index >= 15 is 0 Å². The van der Waals surface area contributed by atoms with E-state index in [1.165, 1.54) is 0 Å². The van der Waals surface area contributed by atoms with Crippen molar-refractivity contribution in [2.45, 2.75) is 39.5 Å². The first-order valence-electron chi connectivity index (χ1n) is 10.1. The monoisotopic (exact) mass is 394 g/mol. The van der Waals surface area contributed by atoms with Crippen LogP contribution in [0.3, 0.4) is 0 Å². The highest BCUT2D eigenvalue weighted by atomic mass is 19.2. The molecule has 0 unspecified atom stereocenters. The lowest BCUT2D eigenvalue weighted by Gasteiger charge is -2.07. The van der Waals surface area contributed by atoms with Crippen LogP contribution in [0.15, 0.2) is 54.6 Å². The van der Waals surface area contributed by atoms with E-state index in [9.17, 15) is 13.2 Å². The van der Waals surface area contributed by atoms with Gasteiger partial charge in [-0.05, 0) is 53.1 Å². The molecule has 3 aromatic carbocycles. The number of rotatable bonds is 7. The molecule has 0 heterocycles. The molecule has 0 radical (unpaired) electrons. The van der Waals surface area contributed by atoms with Crippen molar-refractivity contribution in [1.29, 1.82) is 0 Å². The number of unbranched alkanes of at least 4 members (excludes halogenated alkanes) is 1. The van der Waals surface area contributed by atoms with Gasteiger partial charge in [0.25, 0.3) is 0 Å². The topological polar surface area (TPSA) is 0 Å². The number of hydrogen-bond acceptors (Lipinski definition) is 0. The second-order valence-corrected chi connectivity index (χ2v) is 7.16. The van der Waals surface area contributed by atoms with Crippen LogP contribution in [-0.4, -0.2) is 0 Å². The van der Waals surface area contributed by atoms with Crippen molar-refractivity contribution in [3.63, 3.8) is 0 Å². The van der Waals surface area contributed by atoms with Crippen LogP contribution in [0.25, 0.3) is 23.3 Å². The Morgan fingerprint density at radius 1 is 0.724 bits per heavy atom. The second kappa shape index (κ2) is 9.60. The zero-order chi connectivity index (χ0) is 20.8. The molecular weight excluding hydrogens is 369 g/mol. The average molecular weight is 394 g/mol. The maximum Gasteiger partial charge on any atom is 0.166 e. The third-order valence-corrected chi connectivity index (χ3v) is 5.13. The van der Waals surface area contributed by atoms with Gasteiger partial charge in [0.15, 0.2) is 11.6 Å². The largest absolute Gasteiger partial charge is 0.207 e. The summed E-state index contributed by atoms with van der Waals surface area (Å²) in [6.07, 6.45) is 6.52. The lowest BCUT2D eigenvalue weighted by atomic mass is 10.00. The van der Waals surface area contributed by atoms with E-state index in [4.69, 9.17) is 0 Å². The summed E-state index contributed by atoms with van der Waals surface area (Å²) in [6.45, 7) is 3.88. The predicted octanol–water partition coefficient (Wildman–Crippen LogP) is 7.85. The molecule has 0 saturated carbocycles. The molecule has 0 amide bonds. The van der Waals surface area contributed by atoms with Gasteiger partial charge in [-0.1, -0.05) is 81.0 Å². The van der Waals surface area contributed by atoms with Crippen molar-refractivity contribution >= 4 is 12.2 Å². The van der Waals surface area contributed by atoms with Crippen LogP contribution in [0, 0.1) is 17.5 Å². The van der Waals surface area contributed by atoms with E-state index in [1.807, 2.05) is 36.4 Å². The minimum atomic E-state index is -0.823. The average Bonchev–Trinajstić information content (AvgIpc) is 2.74. The van der Waals surface area contributed by atoms with Gasteiger partial charge in [0.2, 0.25) is 0 Å². The molecule has 0 fully saturated rings. The molecule has 0 saturated heterocycles. The summed E-state index contributed by atoms with van der Waals surface area (Å²) in [5, 5.41) is 0. The molecule has 3 rings (SSSR count). The first-order chi connectivity index (χ1) is 14.0. The second-order valence-electron chi connectivity index (χ2n) is 7.16. The molecule has 0 aliphatic rings. The Balaban J connectivity index is 1.76. The fourth-order valence-corrected chi connectivity index (χ4v) is 3.28. The van der Waals surface area contributed by atoms with E-state index in [1.54, 1.807) is 37.3 Å². The van der Waals surface area contributed by atoms with Crippen LogP contribution in [0.4, 0.5) is 13.2 Å². The van der Waals surface area contributed by atoms with Gasteiger partial charge < -0.3 is 0 Å². The highest BCUT2D eigenvalue weighted by Crippen LogP contribution is 2.24. The summed E-state index contributed by atoms with van der Waals surface area (Å²) in [5.41, 5.74) is 3.92. The fraction of sp³-hybridized carbons (Fsp3) is 0.231. The molecular formula is C26H25F3. The van der Waals surface area contributed by atoms with Crippen LogP contribution >= 0.6 is 0 Å². The molecule has 0 atom stereocenters. The van der Waals surface area contributed by atoms with Crippen molar-refractivity contribution in [2.24, 2.45) is 0 Å². The normalized spacial score (nSPS) is 11.3. The van der Waals surface area contributed by atoms with Crippen molar-refractivity contribution in [3.05, 3.63) is 94.3 Å². The summed E-state index contributed by atoms with van der Waals surface area (Å²) < 4.78 is 42.3. The minimum absolute atomic E-state index is 0.173. The Kier molecular flexibility index (Phi) is 6.92. The van der Waals surface area contributed by atoms with E-state index in [0.29, 0.717) is 12.0 Å². The highest BCUT2D eigenvalue weighted by molar-refractivity contribution is 5.72. The van der Waals surface area contributed by atoms with E-state index in [0.717, 1.165) is 41.5 Å². The Labute approximate surface area is 170 Å². The van der Waals surface area contributed by atoms with Crippen LogP contribution in [0.1, 0.15) is 48.9 Å². The van der Waals surface area contributed by atoms with Gasteiger partial charge in [0, 0.05) is 5.56 Å². The van der Waals surface area contributed by atoms with Gasteiger partial charge in [-0.15, -0.1) is 0 Å². The van der Waals surface area contributed by atoms with Gasteiger partial charge in [0.05, 0.1) is 0 Å². The van der Waals surface area contributed by atoms with Crippen molar-refractivity contribution in [1.82, 2.24) is 0 Å². The SMILES string of the molecule is CCCCc1ccc(-c2ccc(/C=C/c3ccc(CC)c(F)c3F)cc2)cc1F. The number of hydrogen-bond donors (Lipinski definition) is 0. The molecule has 3 aromatic rings. The third-order valence-electron chi connectivity index (χ3n) is 5.13. The molecule has 3 heteroatoms. The molecule has 0 spiro atoms. The van der Waals surface area contributed by atoms with Gasteiger partial charge >= 0.3 is 0 Å². The smallest absolute Gasteiger partial charge is 0.166 e. The van der Waals surface area contributed by atoms with Crippen LogP contribution in [0.5, 0.6) is 0 Å². The molecule has 0 aliphatic carbocycles. The molecule has 29 heavy (non-hydrogen) atoms. The number of halogens is 3. The summed E-state index contributed by atoms with van der Waals surface area (Å²) >= 11 is 0. The van der Waals surface area contributed by atoms with E-state index in [-0.39, 0.29) is 11.4 Å². The van der Waals surface area contributed by atoms with Gasteiger partial charge in [-0.2, -0.15) is 0 Å². The zero-order valence-electron chi connectivity index (χ0n) is 16.8. The first kappa shape index (κ1) is 20.9. The van der Waals surface area contributed by atoms with Crippen molar-refractivity contribution in [2.75, 3.05) is 0 Å². The Hall–Kier alpha value is -2.81. The number of aryl methyl sites for hydroxylation is 2. The zero-order valence-corrected chi connectivity index (χ0v) is 16.8. The van der Waals surface area contributed by atoms with Crippen LogP contribution in [-0.2, 0) is 12.8 Å². The van der Waals surface area contributed by atoms with Gasteiger partial charge in [0.1, 0.15) is 5.82 Å². The maximum absolute atomic E-state index is 14.3. The quantitative estimate of drug-likeness (QED) is 0.358. The molecule has 150 valence electrons. The van der Waals surface area contributed by atoms with Gasteiger partial charge in [-0.25, -0.2) is 13.2 Å². The molecule has 0 N–H and O–H groups in total. The summed E-state index contributed by atoms with van der Waals surface area (Å²) in [5.74, 6) is -1.78. The van der Waals surface area contributed by atoms with Crippen LogP contribution in [0.2, 0.25) is 0 Å². The summed E-state index contributed by atoms with van der Waals surface area (Å²) in [6, 6.07) is 16.1. The van der Waals surface area contributed by atoms with Crippen molar-refractivity contribution in [3.8, 4) is 11.1 Å². The Morgan fingerprint density at radius 3 is 2.07 bits per heavy atom.